The minimum absolute atomic E-state index is 0.0816. The molecule has 1 aromatic rings. The number of terminal acetylenes is 1. The molecule has 0 radical (unpaired) electrons. The van der Waals surface area contributed by atoms with Gasteiger partial charge in [-0.05, 0) is 17.7 Å². The molecule has 2 unspecified atom stereocenters. The van der Waals surface area contributed by atoms with Crippen molar-refractivity contribution in [3.63, 3.8) is 0 Å². The monoisotopic (exact) mass is 408 g/mol. The third-order valence-electron chi connectivity index (χ3n) is 3.14. The molecule has 1 rings (SSSR count). The molecule has 0 spiro atoms. The fraction of sp³-hybridized carbons (Fsp3) is 0.368. The molecule has 27 heavy (non-hydrogen) atoms. The SMILES string of the molecule is C#CCSCC(N)C(=O)OCc1ccc(OC(=O)C(N)CSCC=C)cc1. The van der Waals surface area contributed by atoms with Crippen LogP contribution in [0.4, 0.5) is 0 Å². The lowest BCUT2D eigenvalue weighted by molar-refractivity contribution is -0.145. The van der Waals surface area contributed by atoms with Crippen molar-refractivity contribution in [1.29, 1.82) is 0 Å². The molecule has 1 aromatic carbocycles. The van der Waals surface area contributed by atoms with Crippen LogP contribution in [0.25, 0.3) is 0 Å². The minimum Gasteiger partial charge on any atom is -0.460 e. The Morgan fingerprint density at radius 2 is 1.78 bits per heavy atom. The van der Waals surface area contributed by atoms with E-state index in [9.17, 15) is 9.59 Å². The summed E-state index contributed by atoms with van der Waals surface area (Å²) in [6.07, 6.45) is 6.89. The first-order valence-corrected chi connectivity index (χ1v) is 10.5. The van der Waals surface area contributed by atoms with E-state index in [0.717, 1.165) is 11.3 Å². The second-order valence-corrected chi connectivity index (χ2v) is 7.54. The molecule has 0 fully saturated rings. The molecule has 2 atom stereocenters. The van der Waals surface area contributed by atoms with Gasteiger partial charge >= 0.3 is 11.9 Å². The van der Waals surface area contributed by atoms with Crippen molar-refractivity contribution < 1.29 is 19.1 Å². The van der Waals surface area contributed by atoms with Crippen molar-refractivity contribution in [1.82, 2.24) is 0 Å². The first-order chi connectivity index (χ1) is 13.0. The average molecular weight is 409 g/mol. The standard InChI is InChI=1S/C19H24N2O4S2/c1-3-9-26-12-16(20)18(22)24-11-14-5-7-15(8-6-14)25-19(23)17(21)13-27-10-4-2/h1,4-8,16-17H,2,9-13,20-21H2. The van der Waals surface area contributed by atoms with Gasteiger partial charge in [-0.1, -0.05) is 24.1 Å². The van der Waals surface area contributed by atoms with Crippen molar-refractivity contribution in [3.8, 4) is 18.1 Å². The zero-order valence-corrected chi connectivity index (χ0v) is 16.6. The van der Waals surface area contributed by atoms with E-state index < -0.39 is 24.0 Å². The van der Waals surface area contributed by atoms with E-state index in [2.05, 4.69) is 12.5 Å². The predicted octanol–water partition coefficient (Wildman–Crippen LogP) is 1.58. The van der Waals surface area contributed by atoms with Crippen LogP contribution in [0.5, 0.6) is 5.75 Å². The summed E-state index contributed by atoms with van der Waals surface area (Å²) in [7, 11) is 0. The number of hydrogen-bond donors (Lipinski definition) is 2. The lowest BCUT2D eigenvalue weighted by atomic mass is 10.2. The van der Waals surface area contributed by atoms with Crippen molar-refractivity contribution in [2.75, 3.05) is 23.0 Å². The summed E-state index contributed by atoms with van der Waals surface area (Å²) in [6.45, 7) is 3.69. The van der Waals surface area contributed by atoms with E-state index in [4.69, 9.17) is 27.4 Å². The van der Waals surface area contributed by atoms with Gasteiger partial charge in [-0.2, -0.15) is 11.8 Å². The van der Waals surface area contributed by atoms with Crippen molar-refractivity contribution in [2.45, 2.75) is 18.7 Å². The molecule has 0 heterocycles. The van der Waals surface area contributed by atoms with Gasteiger partial charge in [0.05, 0.1) is 5.75 Å². The Bertz CT molecular complexity index is 659. The van der Waals surface area contributed by atoms with Gasteiger partial charge in [0.2, 0.25) is 0 Å². The number of esters is 2. The van der Waals surface area contributed by atoms with E-state index >= 15 is 0 Å². The molecule has 0 aliphatic rings. The largest absolute Gasteiger partial charge is 0.460 e. The van der Waals surface area contributed by atoms with Crippen LogP contribution in [-0.4, -0.2) is 47.0 Å². The van der Waals surface area contributed by atoms with E-state index in [-0.39, 0.29) is 6.61 Å². The van der Waals surface area contributed by atoms with Crippen molar-refractivity contribution in [2.24, 2.45) is 11.5 Å². The molecular weight excluding hydrogens is 384 g/mol. The first kappa shape index (κ1) is 23.1. The topological polar surface area (TPSA) is 105 Å². The molecule has 0 amide bonds. The summed E-state index contributed by atoms with van der Waals surface area (Å²) < 4.78 is 10.4. The fourth-order valence-electron chi connectivity index (χ4n) is 1.77. The summed E-state index contributed by atoms with van der Waals surface area (Å²) in [4.78, 5) is 23.7. The number of benzene rings is 1. The van der Waals surface area contributed by atoms with Gasteiger partial charge in [0.1, 0.15) is 24.4 Å². The number of nitrogens with two attached hydrogens (primary N) is 2. The van der Waals surface area contributed by atoms with Gasteiger partial charge in [-0.15, -0.1) is 24.8 Å². The number of hydrogen-bond acceptors (Lipinski definition) is 8. The summed E-state index contributed by atoms with van der Waals surface area (Å²) in [6, 6.07) is 5.22. The van der Waals surface area contributed by atoms with Crippen LogP contribution in [0, 0.1) is 12.3 Å². The Hall–Kier alpha value is -1.92. The lowest BCUT2D eigenvalue weighted by Gasteiger charge is -2.12. The Labute approximate surface area is 168 Å². The third kappa shape index (κ3) is 9.54. The van der Waals surface area contributed by atoms with Crippen molar-refractivity contribution in [3.05, 3.63) is 42.5 Å². The normalized spacial score (nSPS) is 12.5. The highest BCUT2D eigenvalue weighted by atomic mass is 32.2. The molecule has 4 N–H and O–H groups in total. The molecule has 0 aromatic heterocycles. The quantitative estimate of drug-likeness (QED) is 0.177. The Balaban J connectivity index is 2.40. The van der Waals surface area contributed by atoms with Gasteiger partial charge in [0, 0.05) is 17.3 Å². The van der Waals surface area contributed by atoms with E-state index in [1.54, 1.807) is 30.3 Å². The number of carbonyl (C=O) groups excluding carboxylic acids is 2. The fourth-order valence-corrected chi connectivity index (χ4v) is 3.08. The smallest absolute Gasteiger partial charge is 0.329 e. The summed E-state index contributed by atoms with van der Waals surface area (Å²) in [5.41, 5.74) is 12.3. The third-order valence-corrected chi connectivity index (χ3v) is 5.18. The molecule has 146 valence electrons. The Morgan fingerprint density at radius 1 is 1.15 bits per heavy atom. The van der Waals surface area contributed by atoms with Crippen LogP contribution in [0.15, 0.2) is 36.9 Å². The molecule has 0 saturated carbocycles. The second-order valence-electron chi connectivity index (χ2n) is 5.43. The maximum Gasteiger partial charge on any atom is 0.329 e. The number of carbonyl (C=O) groups is 2. The minimum atomic E-state index is -0.718. The molecule has 6 nitrogen and oxygen atoms in total. The first-order valence-electron chi connectivity index (χ1n) is 8.16. The van der Waals surface area contributed by atoms with Crippen molar-refractivity contribution >= 4 is 35.5 Å². The second kappa shape index (κ2) is 13.3. The molecule has 0 saturated heterocycles. The van der Waals surface area contributed by atoms with Crippen LogP contribution in [0.2, 0.25) is 0 Å². The average Bonchev–Trinajstić information content (AvgIpc) is 2.67. The number of rotatable bonds is 12. The summed E-state index contributed by atoms with van der Waals surface area (Å²) >= 11 is 2.91. The van der Waals surface area contributed by atoms with Crippen LogP contribution >= 0.6 is 23.5 Å². The van der Waals surface area contributed by atoms with Crippen LogP contribution < -0.4 is 16.2 Å². The number of thioether (sulfide) groups is 2. The molecular formula is C19H24N2O4S2. The van der Waals surface area contributed by atoms with Gasteiger partial charge < -0.3 is 20.9 Å². The Morgan fingerprint density at radius 3 is 2.41 bits per heavy atom. The van der Waals surface area contributed by atoms with E-state index in [1.807, 2.05) is 0 Å². The summed E-state index contributed by atoms with van der Waals surface area (Å²) in [5, 5.41) is 0. The van der Waals surface area contributed by atoms with E-state index in [0.29, 0.717) is 23.0 Å². The van der Waals surface area contributed by atoms with Gasteiger partial charge in [0.25, 0.3) is 0 Å². The zero-order valence-electron chi connectivity index (χ0n) is 15.0. The van der Waals surface area contributed by atoms with Gasteiger partial charge in [-0.25, -0.2) is 4.79 Å². The van der Waals surface area contributed by atoms with E-state index in [1.165, 1.54) is 23.5 Å². The molecule has 0 bridgehead atoms. The van der Waals surface area contributed by atoms with Crippen LogP contribution in [0.1, 0.15) is 5.56 Å². The highest BCUT2D eigenvalue weighted by Crippen LogP contribution is 2.14. The highest BCUT2D eigenvalue weighted by molar-refractivity contribution is 7.99. The molecule has 0 aliphatic heterocycles. The zero-order chi connectivity index (χ0) is 20.1. The van der Waals surface area contributed by atoms with Crippen LogP contribution in [0.3, 0.4) is 0 Å². The van der Waals surface area contributed by atoms with Gasteiger partial charge in [0.15, 0.2) is 0 Å². The van der Waals surface area contributed by atoms with Gasteiger partial charge in [-0.3, -0.25) is 4.79 Å². The maximum atomic E-state index is 11.9. The number of ether oxygens (including phenoxy) is 2. The molecule has 0 aliphatic carbocycles. The predicted molar refractivity (Wildman–Crippen MR) is 112 cm³/mol. The Kier molecular flexibility index (Phi) is 11.4. The van der Waals surface area contributed by atoms with Crippen LogP contribution in [-0.2, 0) is 20.9 Å². The maximum absolute atomic E-state index is 11.9. The molecule has 8 heteroatoms. The highest BCUT2D eigenvalue weighted by Gasteiger charge is 2.16. The summed E-state index contributed by atoms with van der Waals surface area (Å²) in [5.74, 6) is 3.94. The lowest BCUT2D eigenvalue weighted by Crippen LogP contribution is -2.36.